The number of carbonyl (C=O) groups excluding carboxylic acids is 1. The Kier molecular flexibility index (Phi) is 2.84. The van der Waals surface area contributed by atoms with Gasteiger partial charge in [-0.3, -0.25) is 4.79 Å². The Bertz CT molecular complexity index is 364. The molecule has 0 bridgehead atoms. The number of rotatable bonds is 2. The van der Waals surface area contributed by atoms with Crippen molar-refractivity contribution in [3.63, 3.8) is 0 Å². The van der Waals surface area contributed by atoms with Crippen LogP contribution in [-0.4, -0.2) is 5.97 Å². The van der Waals surface area contributed by atoms with E-state index in [1.54, 1.807) is 13.8 Å². The van der Waals surface area contributed by atoms with E-state index in [0.29, 0.717) is 5.76 Å². The Morgan fingerprint density at radius 1 is 1.54 bits per heavy atom. The molecule has 0 N–H and O–H groups in total. The van der Waals surface area contributed by atoms with Crippen molar-refractivity contribution in [2.75, 3.05) is 0 Å². The number of hydrogen-bond donors (Lipinski definition) is 0. The minimum atomic E-state index is -0.515. The van der Waals surface area contributed by atoms with Gasteiger partial charge in [-0.25, -0.2) is 4.79 Å². The number of aryl methyl sites for hydroxylation is 1. The van der Waals surface area contributed by atoms with E-state index in [0.717, 1.165) is 6.07 Å². The van der Waals surface area contributed by atoms with Crippen LogP contribution >= 0.6 is 0 Å². The fraction of sp³-hybridized carbons (Fsp3) is 0.333. The minimum Gasteiger partial charge on any atom is -0.428 e. The van der Waals surface area contributed by atoms with Crippen LogP contribution in [0.1, 0.15) is 19.1 Å². The molecule has 4 heteroatoms. The van der Waals surface area contributed by atoms with Crippen LogP contribution < -0.4 is 10.4 Å². The second-order valence-corrected chi connectivity index (χ2v) is 2.55. The number of ether oxygens (including phenoxy) is 1. The molecule has 0 aliphatic rings. The fourth-order valence-electron chi connectivity index (χ4n) is 0.838. The summed E-state index contributed by atoms with van der Waals surface area (Å²) < 4.78 is 9.51. The first-order valence-corrected chi connectivity index (χ1v) is 3.94. The first-order valence-electron chi connectivity index (χ1n) is 3.94. The quantitative estimate of drug-likeness (QED) is 0.646. The van der Waals surface area contributed by atoms with Crippen LogP contribution in [0.3, 0.4) is 0 Å². The molecule has 1 aromatic heterocycles. The van der Waals surface area contributed by atoms with Gasteiger partial charge in [-0.1, -0.05) is 6.92 Å². The Hall–Kier alpha value is -1.58. The first kappa shape index (κ1) is 9.51. The van der Waals surface area contributed by atoms with Crippen LogP contribution in [0.15, 0.2) is 21.3 Å². The molecule has 0 spiro atoms. The van der Waals surface area contributed by atoms with Crippen LogP contribution in [0.25, 0.3) is 0 Å². The molecule has 0 unspecified atom stereocenters. The molecule has 13 heavy (non-hydrogen) atoms. The third-order valence-electron chi connectivity index (χ3n) is 1.39. The second kappa shape index (κ2) is 3.89. The van der Waals surface area contributed by atoms with Gasteiger partial charge in [0.15, 0.2) is 0 Å². The van der Waals surface area contributed by atoms with E-state index in [4.69, 9.17) is 4.74 Å². The summed E-state index contributed by atoms with van der Waals surface area (Å²) in [6, 6.07) is 2.63. The zero-order valence-electron chi connectivity index (χ0n) is 7.49. The molecule has 0 aromatic carbocycles. The summed E-state index contributed by atoms with van der Waals surface area (Å²) in [5, 5.41) is 0. The van der Waals surface area contributed by atoms with Crippen LogP contribution in [0, 0.1) is 6.92 Å². The summed E-state index contributed by atoms with van der Waals surface area (Å²) in [5.74, 6) is 0.289. The Morgan fingerprint density at radius 3 is 2.77 bits per heavy atom. The van der Waals surface area contributed by atoms with Gasteiger partial charge in [-0.15, -0.1) is 0 Å². The molecule has 0 saturated heterocycles. The molecule has 1 rings (SSSR count). The molecule has 0 fully saturated rings. The zero-order valence-corrected chi connectivity index (χ0v) is 7.49. The monoisotopic (exact) mass is 182 g/mol. The summed E-state index contributed by atoms with van der Waals surface area (Å²) in [7, 11) is 0. The maximum absolute atomic E-state index is 10.8. The molecule has 0 atom stereocenters. The van der Waals surface area contributed by atoms with E-state index >= 15 is 0 Å². The van der Waals surface area contributed by atoms with Crippen molar-refractivity contribution in [3.8, 4) is 5.75 Å². The van der Waals surface area contributed by atoms with E-state index in [1.807, 2.05) is 0 Å². The SMILES string of the molecule is CCC(=O)Oc1cc(C)oc(=O)c1. The summed E-state index contributed by atoms with van der Waals surface area (Å²) >= 11 is 0. The van der Waals surface area contributed by atoms with Crippen LogP contribution in [-0.2, 0) is 4.79 Å². The molecular formula is C9H10O4. The molecule has 1 aromatic rings. The largest absolute Gasteiger partial charge is 0.428 e. The molecular weight excluding hydrogens is 172 g/mol. The van der Waals surface area contributed by atoms with Gasteiger partial charge < -0.3 is 9.15 Å². The van der Waals surface area contributed by atoms with Crippen molar-refractivity contribution in [2.45, 2.75) is 20.3 Å². The first-order chi connectivity index (χ1) is 6.11. The lowest BCUT2D eigenvalue weighted by Crippen LogP contribution is -2.08. The lowest BCUT2D eigenvalue weighted by molar-refractivity contribution is -0.134. The summed E-state index contributed by atoms with van der Waals surface area (Å²) in [5.41, 5.74) is -0.515. The molecule has 0 amide bonds. The van der Waals surface area contributed by atoms with E-state index in [-0.39, 0.29) is 18.1 Å². The highest BCUT2D eigenvalue weighted by atomic mass is 16.5. The van der Waals surface area contributed by atoms with Crippen molar-refractivity contribution < 1.29 is 13.9 Å². The predicted octanol–water partition coefficient (Wildman–Crippen LogP) is 1.26. The van der Waals surface area contributed by atoms with Crippen molar-refractivity contribution in [2.24, 2.45) is 0 Å². The van der Waals surface area contributed by atoms with Gasteiger partial charge >= 0.3 is 11.6 Å². The highest BCUT2D eigenvalue weighted by Crippen LogP contribution is 2.09. The van der Waals surface area contributed by atoms with Gasteiger partial charge in [-0.2, -0.15) is 0 Å². The van der Waals surface area contributed by atoms with E-state index < -0.39 is 5.63 Å². The van der Waals surface area contributed by atoms with Gasteiger partial charge in [0, 0.05) is 12.5 Å². The predicted molar refractivity (Wildman–Crippen MR) is 45.6 cm³/mol. The van der Waals surface area contributed by atoms with Crippen molar-refractivity contribution in [1.29, 1.82) is 0 Å². The third-order valence-corrected chi connectivity index (χ3v) is 1.39. The van der Waals surface area contributed by atoms with Gasteiger partial charge in [0.05, 0.1) is 6.07 Å². The maximum Gasteiger partial charge on any atom is 0.339 e. The highest BCUT2D eigenvalue weighted by molar-refractivity contribution is 5.71. The molecule has 0 radical (unpaired) electrons. The van der Waals surface area contributed by atoms with E-state index in [9.17, 15) is 9.59 Å². The van der Waals surface area contributed by atoms with E-state index in [2.05, 4.69) is 4.42 Å². The van der Waals surface area contributed by atoms with Crippen LogP contribution in [0.5, 0.6) is 5.75 Å². The molecule has 1 heterocycles. The number of carbonyl (C=O) groups is 1. The Morgan fingerprint density at radius 2 is 2.23 bits per heavy atom. The van der Waals surface area contributed by atoms with Gasteiger partial charge in [0.2, 0.25) is 0 Å². The van der Waals surface area contributed by atoms with Gasteiger partial charge in [-0.05, 0) is 6.92 Å². The lowest BCUT2D eigenvalue weighted by Gasteiger charge is -2.01. The number of hydrogen-bond acceptors (Lipinski definition) is 4. The summed E-state index contributed by atoms with van der Waals surface area (Å²) in [6.07, 6.45) is 0.277. The molecule has 70 valence electrons. The summed E-state index contributed by atoms with van der Waals surface area (Å²) in [4.78, 5) is 21.7. The topological polar surface area (TPSA) is 56.5 Å². The average molecular weight is 182 g/mol. The number of esters is 1. The normalized spacial score (nSPS) is 9.69. The maximum atomic E-state index is 10.8. The van der Waals surface area contributed by atoms with E-state index in [1.165, 1.54) is 6.07 Å². The Labute approximate surface area is 75.1 Å². The highest BCUT2D eigenvalue weighted by Gasteiger charge is 2.03. The average Bonchev–Trinajstić information content (AvgIpc) is 2.02. The fourth-order valence-corrected chi connectivity index (χ4v) is 0.838. The second-order valence-electron chi connectivity index (χ2n) is 2.55. The summed E-state index contributed by atoms with van der Waals surface area (Å²) in [6.45, 7) is 3.30. The van der Waals surface area contributed by atoms with Crippen molar-refractivity contribution in [3.05, 3.63) is 28.3 Å². The molecule has 4 nitrogen and oxygen atoms in total. The standard InChI is InChI=1S/C9H10O4/c1-3-8(10)13-7-4-6(2)12-9(11)5-7/h4-5H,3H2,1-2H3. The van der Waals surface area contributed by atoms with Gasteiger partial charge in [0.1, 0.15) is 11.5 Å². The van der Waals surface area contributed by atoms with Crippen LogP contribution in [0.2, 0.25) is 0 Å². The van der Waals surface area contributed by atoms with Crippen molar-refractivity contribution >= 4 is 5.97 Å². The molecule has 0 aliphatic carbocycles. The van der Waals surface area contributed by atoms with Crippen molar-refractivity contribution in [1.82, 2.24) is 0 Å². The minimum absolute atomic E-state index is 0.237. The zero-order chi connectivity index (χ0) is 9.84. The van der Waals surface area contributed by atoms with Gasteiger partial charge in [0.25, 0.3) is 0 Å². The van der Waals surface area contributed by atoms with Crippen LogP contribution in [0.4, 0.5) is 0 Å². The smallest absolute Gasteiger partial charge is 0.339 e. The molecule has 0 aliphatic heterocycles. The lowest BCUT2D eigenvalue weighted by atomic mass is 10.4. The molecule has 0 saturated carbocycles. The third kappa shape index (κ3) is 2.74. The Balaban J connectivity index is 2.89.